The zero-order chi connectivity index (χ0) is 16.8. The predicted octanol–water partition coefficient (Wildman–Crippen LogP) is 3.98. The standard InChI is InChI=1S/C19H15IN2O2/c1-11-9-12-3-2-4-15-17(12)22(11)10-16(18(15)23)19(24)21-14-7-5-13(20)6-8-14/h2-8,10-11H,9H2,1H3,(H,21,24)/t11-/m0/s1. The molecule has 0 unspecified atom stereocenters. The monoisotopic (exact) mass is 430 g/mol. The van der Waals surface area contributed by atoms with E-state index in [9.17, 15) is 9.59 Å². The van der Waals surface area contributed by atoms with Crippen LogP contribution in [-0.2, 0) is 6.42 Å². The van der Waals surface area contributed by atoms with Crippen LogP contribution >= 0.6 is 22.6 Å². The number of para-hydroxylation sites is 1. The van der Waals surface area contributed by atoms with Crippen LogP contribution in [0.1, 0.15) is 28.9 Å². The van der Waals surface area contributed by atoms with Gasteiger partial charge in [0.15, 0.2) is 0 Å². The third kappa shape index (κ3) is 2.43. The first kappa shape index (κ1) is 15.4. The highest BCUT2D eigenvalue weighted by Crippen LogP contribution is 2.30. The van der Waals surface area contributed by atoms with Gasteiger partial charge in [-0.05, 0) is 71.8 Å². The van der Waals surface area contributed by atoms with E-state index in [1.54, 1.807) is 12.3 Å². The Labute approximate surface area is 152 Å². The lowest BCUT2D eigenvalue weighted by molar-refractivity contribution is 0.102. The minimum absolute atomic E-state index is 0.187. The summed E-state index contributed by atoms with van der Waals surface area (Å²) in [5.41, 5.74) is 2.79. The first-order valence-electron chi connectivity index (χ1n) is 7.78. The molecule has 0 saturated heterocycles. The fourth-order valence-electron chi connectivity index (χ4n) is 3.31. The Kier molecular flexibility index (Phi) is 3.68. The Morgan fingerprint density at radius 3 is 2.71 bits per heavy atom. The van der Waals surface area contributed by atoms with Crippen molar-refractivity contribution in [2.24, 2.45) is 0 Å². The summed E-state index contributed by atoms with van der Waals surface area (Å²) in [4.78, 5) is 25.4. The van der Waals surface area contributed by atoms with Crippen molar-refractivity contribution in [1.82, 2.24) is 4.57 Å². The Bertz CT molecular complexity index is 1020. The van der Waals surface area contributed by atoms with E-state index >= 15 is 0 Å². The topological polar surface area (TPSA) is 51.1 Å². The van der Waals surface area contributed by atoms with Gasteiger partial charge in [-0.15, -0.1) is 0 Å². The van der Waals surface area contributed by atoms with Crippen LogP contribution in [-0.4, -0.2) is 10.5 Å². The number of nitrogens with one attached hydrogen (secondary N) is 1. The third-order valence-corrected chi connectivity index (χ3v) is 5.19. The number of pyridine rings is 1. The number of amides is 1. The van der Waals surface area contributed by atoms with Crippen LogP contribution in [0.5, 0.6) is 0 Å². The van der Waals surface area contributed by atoms with Gasteiger partial charge in [-0.1, -0.05) is 12.1 Å². The quantitative estimate of drug-likeness (QED) is 0.626. The number of benzene rings is 2. The van der Waals surface area contributed by atoms with Gasteiger partial charge >= 0.3 is 0 Å². The maximum Gasteiger partial charge on any atom is 0.261 e. The molecule has 4 nitrogen and oxygen atoms in total. The molecule has 0 bridgehead atoms. The lowest BCUT2D eigenvalue weighted by atomic mass is 10.1. The highest BCUT2D eigenvalue weighted by molar-refractivity contribution is 14.1. The van der Waals surface area contributed by atoms with Gasteiger partial charge in [0.2, 0.25) is 5.43 Å². The van der Waals surface area contributed by atoms with Gasteiger partial charge < -0.3 is 9.88 Å². The SMILES string of the molecule is C[C@H]1Cc2cccc3c(=O)c(C(=O)Nc4ccc(I)cc4)cn1c23. The van der Waals surface area contributed by atoms with E-state index in [1.165, 1.54) is 5.56 Å². The van der Waals surface area contributed by atoms with E-state index in [-0.39, 0.29) is 22.9 Å². The second kappa shape index (κ2) is 5.73. The van der Waals surface area contributed by atoms with E-state index in [0.29, 0.717) is 11.1 Å². The van der Waals surface area contributed by atoms with Crippen molar-refractivity contribution in [2.45, 2.75) is 19.4 Å². The second-order valence-electron chi connectivity index (χ2n) is 6.11. The van der Waals surface area contributed by atoms with Crippen molar-refractivity contribution in [3.63, 3.8) is 0 Å². The van der Waals surface area contributed by atoms with E-state index in [1.807, 2.05) is 36.4 Å². The Balaban J connectivity index is 1.81. The molecule has 2 aromatic carbocycles. The molecule has 0 aliphatic carbocycles. The molecule has 0 fully saturated rings. The molecule has 1 amide bonds. The molecule has 2 heterocycles. The molecule has 0 radical (unpaired) electrons. The van der Waals surface area contributed by atoms with Crippen molar-refractivity contribution >= 4 is 45.1 Å². The Morgan fingerprint density at radius 1 is 1.21 bits per heavy atom. The molecule has 5 heteroatoms. The summed E-state index contributed by atoms with van der Waals surface area (Å²) in [6.07, 6.45) is 2.59. The molecule has 120 valence electrons. The van der Waals surface area contributed by atoms with Gasteiger partial charge in [0.1, 0.15) is 5.56 Å². The Morgan fingerprint density at radius 2 is 1.96 bits per heavy atom. The lowest BCUT2D eigenvalue weighted by Gasteiger charge is -2.12. The molecule has 1 N–H and O–H groups in total. The zero-order valence-corrected chi connectivity index (χ0v) is 15.2. The normalized spacial score (nSPS) is 15.7. The molecule has 1 atom stereocenters. The number of aromatic nitrogens is 1. The van der Waals surface area contributed by atoms with Crippen LogP contribution in [0.15, 0.2) is 53.5 Å². The van der Waals surface area contributed by atoms with Crippen LogP contribution < -0.4 is 10.7 Å². The average Bonchev–Trinajstić information content (AvgIpc) is 2.89. The fraction of sp³-hybridized carbons (Fsp3) is 0.158. The van der Waals surface area contributed by atoms with Crippen molar-refractivity contribution in [2.75, 3.05) is 5.32 Å². The fourth-order valence-corrected chi connectivity index (χ4v) is 3.67. The number of carbonyl (C=O) groups is 1. The van der Waals surface area contributed by atoms with Crippen LogP contribution in [0.3, 0.4) is 0 Å². The lowest BCUT2D eigenvalue weighted by Crippen LogP contribution is -2.23. The summed E-state index contributed by atoms with van der Waals surface area (Å²) in [6.45, 7) is 2.10. The van der Waals surface area contributed by atoms with Gasteiger partial charge in [0, 0.05) is 26.9 Å². The first-order valence-corrected chi connectivity index (χ1v) is 8.86. The summed E-state index contributed by atoms with van der Waals surface area (Å²) >= 11 is 2.21. The molecule has 0 saturated carbocycles. The summed E-state index contributed by atoms with van der Waals surface area (Å²) in [6, 6.07) is 13.5. The highest BCUT2D eigenvalue weighted by Gasteiger charge is 2.24. The number of carbonyl (C=O) groups excluding carboxylic acids is 1. The molecule has 1 aliphatic rings. The molecular formula is C19H15IN2O2. The largest absolute Gasteiger partial charge is 0.343 e. The number of anilines is 1. The van der Waals surface area contributed by atoms with Gasteiger partial charge in [-0.2, -0.15) is 0 Å². The van der Waals surface area contributed by atoms with Crippen molar-refractivity contribution in [1.29, 1.82) is 0 Å². The molecular weight excluding hydrogens is 415 g/mol. The van der Waals surface area contributed by atoms with Crippen molar-refractivity contribution in [3.8, 4) is 0 Å². The van der Waals surface area contributed by atoms with Crippen LogP contribution in [0.4, 0.5) is 5.69 Å². The van der Waals surface area contributed by atoms with E-state index in [4.69, 9.17) is 0 Å². The number of rotatable bonds is 2. The first-order chi connectivity index (χ1) is 11.5. The smallest absolute Gasteiger partial charge is 0.261 e. The third-order valence-electron chi connectivity index (χ3n) is 4.47. The number of nitrogens with zero attached hydrogens (tertiary/aromatic N) is 1. The molecule has 4 rings (SSSR count). The van der Waals surface area contributed by atoms with E-state index in [2.05, 4.69) is 39.4 Å². The summed E-state index contributed by atoms with van der Waals surface area (Å²) in [5, 5.41) is 3.44. The summed E-state index contributed by atoms with van der Waals surface area (Å²) in [5.74, 6) is -0.364. The molecule has 1 aliphatic heterocycles. The molecule has 1 aromatic heterocycles. The number of halogens is 1. The second-order valence-corrected chi connectivity index (χ2v) is 7.35. The number of hydrogen-bond acceptors (Lipinski definition) is 2. The number of hydrogen-bond donors (Lipinski definition) is 1. The maximum atomic E-state index is 12.8. The van der Waals surface area contributed by atoms with Gasteiger partial charge in [-0.3, -0.25) is 9.59 Å². The highest BCUT2D eigenvalue weighted by atomic mass is 127. The minimum atomic E-state index is -0.364. The zero-order valence-electron chi connectivity index (χ0n) is 13.0. The van der Waals surface area contributed by atoms with Gasteiger partial charge in [0.25, 0.3) is 5.91 Å². The summed E-state index contributed by atoms with van der Waals surface area (Å²) in [7, 11) is 0. The molecule has 3 aromatic rings. The average molecular weight is 430 g/mol. The van der Waals surface area contributed by atoms with Gasteiger partial charge in [-0.25, -0.2) is 0 Å². The van der Waals surface area contributed by atoms with Crippen LogP contribution in [0.25, 0.3) is 10.9 Å². The maximum absolute atomic E-state index is 12.8. The van der Waals surface area contributed by atoms with E-state index < -0.39 is 0 Å². The van der Waals surface area contributed by atoms with Crippen molar-refractivity contribution < 1.29 is 4.79 Å². The minimum Gasteiger partial charge on any atom is -0.343 e. The van der Waals surface area contributed by atoms with Gasteiger partial charge in [0.05, 0.1) is 5.52 Å². The van der Waals surface area contributed by atoms with Crippen LogP contribution in [0.2, 0.25) is 0 Å². The van der Waals surface area contributed by atoms with E-state index in [0.717, 1.165) is 15.5 Å². The predicted molar refractivity (Wildman–Crippen MR) is 104 cm³/mol. The molecule has 0 spiro atoms. The Hall–Kier alpha value is -2.15. The molecule has 24 heavy (non-hydrogen) atoms. The summed E-state index contributed by atoms with van der Waals surface area (Å²) < 4.78 is 3.14. The van der Waals surface area contributed by atoms with Crippen molar-refractivity contribution in [3.05, 3.63) is 73.6 Å². The van der Waals surface area contributed by atoms with Crippen LogP contribution in [0, 0.1) is 3.57 Å².